The van der Waals surface area contributed by atoms with Crippen molar-refractivity contribution in [3.63, 3.8) is 0 Å². The smallest absolute Gasteiger partial charge is 0.308 e. The molecule has 172 valence electrons. The van der Waals surface area contributed by atoms with Crippen molar-refractivity contribution in [3.05, 3.63) is 23.8 Å². The van der Waals surface area contributed by atoms with Crippen LogP contribution in [0, 0.1) is 22.7 Å². The van der Waals surface area contributed by atoms with Crippen molar-refractivity contribution >= 4 is 11.9 Å². The molecule has 3 rings (SSSR count). The normalized spacial score (nSPS) is 37.6. The largest absolute Gasteiger partial charge is 0.427 e. The second-order valence-electron chi connectivity index (χ2n) is 10.3. The van der Waals surface area contributed by atoms with Crippen LogP contribution in [0.4, 0.5) is 0 Å². The van der Waals surface area contributed by atoms with Gasteiger partial charge in [0.2, 0.25) is 0 Å². The number of benzene rings is 1. The van der Waals surface area contributed by atoms with Crippen LogP contribution >= 0.6 is 0 Å². The van der Waals surface area contributed by atoms with E-state index < -0.39 is 29.1 Å². The van der Waals surface area contributed by atoms with E-state index in [9.17, 15) is 19.8 Å². The summed E-state index contributed by atoms with van der Waals surface area (Å²) in [6.07, 6.45) is 3.02. The summed E-state index contributed by atoms with van der Waals surface area (Å²) in [6, 6.07) is 5.08. The van der Waals surface area contributed by atoms with Gasteiger partial charge in [-0.2, -0.15) is 0 Å². The topological polar surface area (TPSA) is 93.1 Å². The summed E-state index contributed by atoms with van der Waals surface area (Å²) in [4.78, 5) is 23.2. The molecule has 2 aliphatic rings. The Labute approximate surface area is 184 Å². The number of fused-ring (bicyclic) bond motifs is 1. The highest BCUT2D eigenvalue weighted by molar-refractivity contribution is 5.71. The van der Waals surface area contributed by atoms with Crippen molar-refractivity contribution in [2.24, 2.45) is 22.7 Å². The molecule has 0 unspecified atom stereocenters. The van der Waals surface area contributed by atoms with Crippen LogP contribution in [-0.2, 0) is 16.0 Å². The summed E-state index contributed by atoms with van der Waals surface area (Å²) in [5.74, 6) is 0.597. The summed E-state index contributed by atoms with van der Waals surface area (Å²) < 4.78 is 10.8. The number of aliphatic hydroxyl groups is 2. The zero-order valence-corrected chi connectivity index (χ0v) is 19.5. The van der Waals surface area contributed by atoms with Gasteiger partial charge >= 0.3 is 11.9 Å². The standard InChI is InChI=1S/C25H36O6/c1-15-11-12-24(5)21(9-10-22(28)25(24,6)29)23(15,4)14-18-13-19(30-16(2)26)7-8-20(18)31-17(3)27/h7-8,13,15,21-22,28-29H,9-12,14H2,1-6H3/t15-,21-,22+,23+,24+,25-/m1/s1. The van der Waals surface area contributed by atoms with Gasteiger partial charge in [0.1, 0.15) is 11.5 Å². The maximum atomic E-state index is 11.7. The minimum absolute atomic E-state index is 0.171. The van der Waals surface area contributed by atoms with Gasteiger partial charge in [0.15, 0.2) is 0 Å². The minimum atomic E-state index is -1.17. The van der Waals surface area contributed by atoms with Crippen LogP contribution in [-0.4, -0.2) is 33.9 Å². The molecule has 31 heavy (non-hydrogen) atoms. The molecular weight excluding hydrogens is 396 g/mol. The average molecular weight is 433 g/mol. The Hall–Kier alpha value is -1.92. The van der Waals surface area contributed by atoms with Crippen molar-refractivity contribution in [1.29, 1.82) is 0 Å². The number of ether oxygens (including phenoxy) is 2. The second kappa shape index (κ2) is 8.21. The second-order valence-corrected chi connectivity index (χ2v) is 10.3. The van der Waals surface area contributed by atoms with E-state index in [-0.39, 0.29) is 11.3 Å². The van der Waals surface area contributed by atoms with Gasteiger partial charge < -0.3 is 19.7 Å². The van der Waals surface area contributed by atoms with Crippen LogP contribution in [0.2, 0.25) is 0 Å². The van der Waals surface area contributed by atoms with Crippen molar-refractivity contribution in [3.8, 4) is 11.5 Å². The predicted octanol–water partition coefficient (Wildman–Crippen LogP) is 4.04. The SMILES string of the molecule is CC(=O)Oc1ccc(OC(C)=O)c(C[C@@]2(C)[C@H](C)CC[C@@]3(C)[C@@H]2CC[C@H](O)[C@@]3(C)O)c1. The first-order valence-corrected chi connectivity index (χ1v) is 11.2. The van der Waals surface area contributed by atoms with Crippen molar-refractivity contribution < 1.29 is 29.3 Å². The summed E-state index contributed by atoms with van der Waals surface area (Å²) >= 11 is 0. The molecule has 6 atom stereocenters. The summed E-state index contributed by atoms with van der Waals surface area (Å²) in [5, 5.41) is 21.9. The Morgan fingerprint density at radius 1 is 1.06 bits per heavy atom. The van der Waals surface area contributed by atoms with Crippen LogP contribution in [0.15, 0.2) is 18.2 Å². The lowest BCUT2D eigenvalue weighted by atomic mass is 9.43. The molecule has 2 saturated carbocycles. The number of carbonyl (C=O) groups is 2. The summed E-state index contributed by atoms with van der Waals surface area (Å²) in [5.41, 5.74) is -1.00. The number of aliphatic hydroxyl groups excluding tert-OH is 1. The van der Waals surface area contributed by atoms with E-state index in [4.69, 9.17) is 9.47 Å². The number of rotatable bonds is 4. The molecule has 0 bridgehead atoms. The third-order valence-electron chi connectivity index (χ3n) is 8.44. The molecule has 0 aliphatic heterocycles. The maximum Gasteiger partial charge on any atom is 0.308 e. The molecule has 2 fully saturated rings. The minimum Gasteiger partial charge on any atom is -0.427 e. The Morgan fingerprint density at radius 2 is 1.71 bits per heavy atom. The fraction of sp³-hybridized carbons (Fsp3) is 0.680. The Bertz CT molecular complexity index is 862. The maximum absolute atomic E-state index is 11.7. The highest BCUT2D eigenvalue weighted by atomic mass is 16.5. The molecule has 2 aliphatic carbocycles. The molecule has 0 radical (unpaired) electrons. The highest BCUT2D eigenvalue weighted by Gasteiger charge is 2.62. The van der Waals surface area contributed by atoms with E-state index in [1.54, 1.807) is 25.1 Å². The van der Waals surface area contributed by atoms with Gasteiger partial charge in [-0.1, -0.05) is 20.8 Å². The van der Waals surface area contributed by atoms with Gasteiger partial charge in [0.25, 0.3) is 0 Å². The quantitative estimate of drug-likeness (QED) is 0.551. The molecule has 6 heteroatoms. The number of hydrogen-bond donors (Lipinski definition) is 2. The van der Waals surface area contributed by atoms with Crippen LogP contribution in [0.25, 0.3) is 0 Å². The predicted molar refractivity (Wildman–Crippen MR) is 117 cm³/mol. The number of carbonyl (C=O) groups excluding carboxylic acids is 2. The fourth-order valence-corrected chi connectivity index (χ4v) is 6.22. The van der Waals surface area contributed by atoms with E-state index >= 15 is 0 Å². The molecule has 0 heterocycles. The van der Waals surface area contributed by atoms with Crippen LogP contribution in [0.3, 0.4) is 0 Å². The molecule has 0 saturated heterocycles. The summed E-state index contributed by atoms with van der Waals surface area (Å²) in [6.45, 7) is 11.1. The Balaban J connectivity index is 2.04. The van der Waals surface area contributed by atoms with Gasteiger partial charge in [-0.3, -0.25) is 9.59 Å². The van der Waals surface area contributed by atoms with E-state index in [0.29, 0.717) is 30.3 Å². The van der Waals surface area contributed by atoms with Crippen molar-refractivity contribution in [1.82, 2.24) is 0 Å². The molecule has 1 aromatic carbocycles. The first kappa shape index (κ1) is 23.7. The molecule has 0 aromatic heterocycles. The van der Waals surface area contributed by atoms with Crippen LogP contribution in [0.5, 0.6) is 11.5 Å². The molecule has 1 aromatic rings. The average Bonchev–Trinajstić information content (AvgIpc) is 2.65. The molecule has 0 amide bonds. The molecule has 6 nitrogen and oxygen atoms in total. The molecule has 0 spiro atoms. The first-order chi connectivity index (χ1) is 14.3. The molecule has 2 N–H and O–H groups in total. The van der Waals surface area contributed by atoms with E-state index in [2.05, 4.69) is 20.8 Å². The van der Waals surface area contributed by atoms with Gasteiger partial charge in [-0.25, -0.2) is 0 Å². The Kier molecular flexibility index (Phi) is 6.29. The fourth-order valence-electron chi connectivity index (χ4n) is 6.22. The lowest BCUT2D eigenvalue weighted by Crippen LogP contribution is -2.65. The van der Waals surface area contributed by atoms with Gasteiger partial charge in [0.05, 0.1) is 11.7 Å². The van der Waals surface area contributed by atoms with Crippen LogP contribution < -0.4 is 9.47 Å². The third-order valence-corrected chi connectivity index (χ3v) is 8.44. The zero-order chi connectivity index (χ0) is 23.2. The third kappa shape index (κ3) is 4.12. The zero-order valence-electron chi connectivity index (χ0n) is 19.5. The van der Waals surface area contributed by atoms with Gasteiger partial charge in [-0.15, -0.1) is 0 Å². The lowest BCUT2D eigenvalue weighted by Gasteiger charge is -2.64. The van der Waals surface area contributed by atoms with Gasteiger partial charge in [-0.05, 0) is 80.0 Å². The summed E-state index contributed by atoms with van der Waals surface area (Å²) in [7, 11) is 0. The van der Waals surface area contributed by atoms with Crippen LogP contribution in [0.1, 0.15) is 72.8 Å². The number of esters is 2. The van der Waals surface area contributed by atoms with Gasteiger partial charge in [0, 0.05) is 19.3 Å². The first-order valence-electron chi connectivity index (χ1n) is 11.2. The Morgan fingerprint density at radius 3 is 2.32 bits per heavy atom. The number of hydrogen-bond acceptors (Lipinski definition) is 6. The monoisotopic (exact) mass is 432 g/mol. The van der Waals surface area contributed by atoms with E-state index in [0.717, 1.165) is 24.8 Å². The van der Waals surface area contributed by atoms with E-state index in [1.165, 1.54) is 13.8 Å². The lowest BCUT2D eigenvalue weighted by molar-refractivity contribution is -0.234. The molecular formula is C25H36O6. The van der Waals surface area contributed by atoms with Crippen molar-refractivity contribution in [2.45, 2.75) is 85.4 Å². The van der Waals surface area contributed by atoms with Crippen molar-refractivity contribution in [2.75, 3.05) is 0 Å². The van der Waals surface area contributed by atoms with E-state index in [1.807, 2.05) is 0 Å². The highest BCUT2D eigenvalue weighted by Crippen LogP contribution is 2.64.